The Hall–Kier alpha value is -2.25. The van der Waals surface area contributed by atoms with Crippen LogP contribution in [0.1, 0.15) is 25.1 Å². The van der Waals surface area contributed by atoms with Gasteiger partial charge < -0.3 is 14.6 Å². The quantitative estimate of drug-likeness (QED) is 0.915. The van der Waals surface area contributed by atoms with E-state index < -0.39 is 0 Å². The van der Waals surface area contributed by atoms with Gasteiger partial charge in [-0.15, -0.1) is 0 Å². The predicted molar refractivity (Wildman–Crippen MR) is 95.2 cm³/mol. The van der Waals surface area contributed by atoms with E-state index in [9.17, 15) is 9.18 Å². The van der Waals surface area contributed by atoms with E-state index in [1.54, 1.807) is 23.2 Å². The van der Waals surface area contributed by atoms with Crippen molar-refractivity contribution in [2.24, 2.45) is 0 Å². The molecule has 1 atom stereocenters. The molecule has 7 heteroatoms. The fraction of sp³-hybridized carbons (Fsp3) is 0.474. The molecule has 0 aliphatic carbocycles. The van der Waals surface area contributed by atoms with Crippen LogP contribution in [0.15, 0.2) is 36.7 Å². The topological polar surface area (TPSA) is 61.5 Å². The molecule has 4 rings (SSSR count). The molecule has 1 aromatic heterocycles. The van der Waals surface area contributed by atoms with E-state index >= 15 is 0 Å². The molecular weight excluding hydrogens is 335 g/mol. The summed E-state index contributed by atoms with van der Waals surface area (Å²) in [7, 11) is 0. The lowest BCUT2D eigenvalue weighted by Gasteiger charge is -2.42. The largest absolute Gasteiger partial charge is 0.363 e. The molecule has 138 valence electrons. The Morgan fingerprint density at radius 1 is 1.23 bits per heavy atom. The summed E-state index contributed by atoms with van der Waals surface area (Å²) in [5, 5.41) is 0. The number of aromatic amines is 1. The zero-order valence-corrected chi connectivity index (χ0v) is 14.7. The van der Waals surface area contributed by atoms with Gasteiger partial charge in [0, 0.05) is 24.6 Å². The van der Waals surface area contributed by atoms with Crippen molar-refractivity contribution in [2.45, 2.75) is 31.4 Å². The minimum Gasteiger partial charge on any atom is -0.363 e. The Labute approximate surface area is 152 Å². The molecule has 2 aliphatic rings. The lowest BCUT2D eigenvalue weighted by Crippen LogP contribution is -2.55. The first-order valence-corrected chi connectivity index (χ1v) is 9.04. The van der Waals surface area contributed by atoms with Crippen LogP contribution >= 0.6 is 0 Å². The second kappa shape index (κ2) is 7.17. The minimum atomic E-state index is -0.333. The maximum atomic E-state index is 13.2. The summed E-state index contributed by atoms with van der Waals surface area (Å²) in [4.78, 5) is 23.9. The smallest absolute Gasteiger partial charge is 0.253 e. The summed E-state index contributed by atoms with van der Waals surface area (Å²) in [6, 6.07) is 6.10. The first-order chi connectivity index (χ1) is 12.6. The molecule has 2 aliphatic heterocycles. The number of halogens is 1. The summed E-state index contributed by atoms with van der Waals surface area (Å²) in [6.07, 6.45) is 6.38. The number of nitrogens with zero attached hydrogens (tertiary/aromatic N) is 3. The van der Waals surface area contributed by atoms with E-state index in [1.165, 1.54) is 12.1 Å². The number of amides is 1. The Bertz CT molecular complexity index is 749. The van der Waals surface area contributed by atoms with Gasteiger partial charge in [0.1, 0.15) is 18.2 Å². The SMILES string of the molecule is O=C1COC2(CCCN(Cc3ncc[nH]3)CC2)CN1c1ccc(F)cc1. The number of benzene rings is 1. The first kappa shape index (κ1) is 17.2. The molecule has 0 radical (unpaired) electrons. The highest BCUT2D eigenvalue weighted by molar-refractivity contribution is 5.95. The highest BCUT2D eigenvalue weighted by Crippen LogP contribution is 2.33. The fourth-order valence-corrected chi connectivity index (χ4v) is 3.85. The maximum Gasteiger partial charge on any atom is 0.253 e. The summed E-state index contributed by atoms with van der Waals surface area (Å²) in [6.45, 7) is 3.27. The number of anilines is 1. The highest BCUT2D eigenvalue weighted by atomic mass is 19.1. The number of carbonyl (C=O) groups excluding carboxylic acids is 1. The molecule has 26 heavy (non-hydrogen) atoms. The van der Waals surface area contributed by atoms with Crippen LogP contribution in [0.25, 0.3) is 0 Å². The van der Waals surface area contributed by atoms with Crippen molar-refractivity contribution in [2.75, 3.05) is 31.1 Å². The van der Waals surface area contributed by atoms with Gasteiger partial charge in [-0.2, -0.15) is 0 Å². The van der Waals surface area contributed by atoms with Crippen molar-refractivity contribution in [1.82, 2.24) is 14.9 Å². The summed E-state index contributed by atoms with van der Waals surface area (Å²) in [5.41, 5.74) is 0.399. The van der Waals surface area contributed by atoms with Crippen molar-refractivity contribution in [3.8, 4) is 0 Å². The van der Waals surface area contributed by atoms with Gasteiger partial charge in [0.2, 0.25) is 0 Å². The van der Waals surface area contributed by atoms with Gasteiger partial charge in [0.15, 0.2) is 0 Å². The molecule has 2 saturated heterocycles. The number of H-pyrrole nitrogens is 1. The van der Waals surface area contributed by atoms with E-state index in [-0.39, 0.29) is 23.9 Å². The van der Waals surface area contributed by atoms with Crippen LogP contribution in [0.5, 0.6) is 0 Å². The molecule has 0 bridgehead atoms. The number of aromatic nitrogens is 2. The lowest BCUT2D eigenvalue weighted by molar-refractivity contribution is -0.140. The number of nitrogens with one attached hydrogen (secondary N) is 1. The molecule has 1 aromatic carbocycles. The van der Waals surface area contributed by atoms with Crippen LogP contribution in [0.2, 0.25) is 0 Å². The molecule has 2 aromatic rings. The van der Waals surface area contributed by atoms with Gasteiger partial charge in [-0.25, -0.2) is 9.37 Å². The standard InChI is InChI=1S/C19H23FN4O2/c20-15-2-4-16(5-3-15)24-14-19(26-13-18(24)25)6-1-10-23(11-7-19)12-17-21-8-9-22-17/h2-5,8-9H,1,6-7,10-14H2,(H,21,22). The Morgan fingerprint density at radius 3 is 2.85 bits per heavy atom. The van der Waals surface area contributed by atoms with Gasteiger partial charge in [-0.3, -0.25) is 9.69 Å². The summed E-state index contributed by atoms with van der Waals surface area (Å²) < 4.78 is 19.3. The van der Waals surface area contributed by atoms with Crippen LogP contribution in [0.3, 0.4) is 0 Å². The van der Waals surface area contributed by atoms with Crippen LogP contribution in [-0.4, -0.2) is 52.6 Å². The van der Waals surface area contributed by atoms with Crippen molar-refractivity contribution < 1.29 is 13.9 Å². The number of carbonyl (C=O) groups is 1. The average Bonchev–Trinajstić information content (AvgIpc) is 3.08. The molecule has 1 unspecified atom stereocenters. The Kier molecular flexibility index (Phi) is 4.74. The van der Waals surface area contributed by atoms with E-state index in [1.807, 2.05) is 6.20 Å². The number of likely N-dealkylation sites (tertiary alicyclic amines) is 1. The third kappa shape index (κ3) is 3.64. The zero-order chi connectivity index (χ0) is 18.0. The van der Waals surface area contributed by atoms with Crippen LogP contribution in [0.4, 0.5) is 10.1 Å². The second-order valence-electron chi connectivity index (χ2n) is 7.09. The number of rotatable bonds is 3. The maximum absolute atomic E-state index is 13.2. The highest BCUT2D eigenvalue weighted by Gasteiger charge is 2.41. The predicted octanol–water partition coefficient (Wildman–Crippen LogP) is 2.34. The molecule has 1 spiro atoms. The molecule has 2 fully saturated rings. The first-order valence-electron chi connectivity index (χ1n) is 9.04. The van der Waals surface area contributed by atoms with Crippen LogP contribution < -0.4 is 4.90 Å². The Balaban J connectivity index is 1.45. The van der Waals surface area contributed by atoms with Gasteiger partial charge in [0.25, 0.3) is 5.91 Å². The number of ether oxygens (including phenoxy) is 1. The molecule has 1 amide bonds. The van der Waals surface area contributed by atoms with Gasteiger partial charge in [-0.1, -0.05) is 0 Å². The minimum absolute atomic E-state index is 0.0704. The lowest BCUT2D eigenvalue weighted by atomic mass is 9.92. The van der Waals surface area contributed by atoms with Gasteiger partial charge in [0.05, 0.1) is 18.7 Å². The number of morpholine rings is 1. The summed E-state index contributed by atoms with van der Waals surface area (Å²) >= 11 is 0. The molecule has 0 saturated carbocycles. The third-order valence-electron chi connectivity index (χ3n) is 5.31. The molecular formula is C19H23FN4O2. The zero-order valence-electron chi connectivity index (χ0n) is 14.7. The second-order valence-corrected chi connectivity index (χ2v) is 7.09. The molecule has 1 N–H and O–H groups in total. The van der Waals surface area contributed by atoms with Crippen LogP contribution in [0, 0.1) is 5.82 Å². The molecule has 3 heterocycles. The normalized spacial score (nSPS) is 24.8. The van der Waals surface area contributed by atoms with Gasteiger partial charge in [-0.05, 0) is 50.1 Å². The average molecular weight is 358 g/mol. The monoisotopic (exact) mass is 358 g/mol. The fourth-order valence-electron chi connectivity index (χ4n) is 3.85. The van der Waals surface area contributed by atoms with Crippen molar-refractivity contribution in [1.29, 1.82) is 0 Å². The summed E-state index contributed by atoms with van der Waals surface area (Å²) in [5.74, 6) is 0.597. The number of imidazole rings is 1. The number of hydrogen-bond acceptors (Lipinski definition) is 4. The third-order valence-corrected chi connectivity index (χ3v) is 5.31. The van der Waals surface area contributed by atoms with Gasteiger partial charge >= 0.3 is 0 Å². The number of hydrogen-bond donors (Lipinski definition) is 1. The van der Waals surface area contributed by atoms with E-state index in [0.717, 1.165) is 50.4 Å². The molecule has 6 nitrogen and oxygen atoms in total. The van der Waals surface area contributed by atoms with E-state index in [4.69, 9.17) is 4.74 Å². The Morgan fingerprint density at radius 2 is 2.08 bits per heavy atom. The van der Waals surface area contributed by atoms with Crippen molar-refractivity contribution in [3.63, 3.8) is 0 Å². The van der Waals surface area contributed by atoms with Crippen LogP contribution in [-0.2, 0) is 16.1 Å². The van der Waals surface area contributed by atoms with Crippen molar-refractivity contribution in [3.05, 3.63) is 48.3 Å². The van der Waals surface area contributed by atoms with E-state index in [2.05, 4.69) is 14.9 Å². The van der Waals surface area contributed by atoms with Crippen molar-refractivity contribution >= 4 is 11.6 Å². The van der Waals surface area contributed by atoms with E-state index in [0.29, 0.717) is 6.54 Å².